The molecule has 2 unspecified atom stereocenters. The van der Waals surface area contributed by atoms with Crippen molar-refractivity contribution in [3.63, 3.8) is 0 Å². The first kappa shape index (κ1) is 13.5. The Morgan fingerprint density at radius 2 is 2.22 bits per heavy atom. The zero-order valence-corrected chi connectivity index (χ0v) is 11.7. The van der Waals surface area contributed by atoms with Gasteiger partial charge in [0.25, 0.3) is 0 Å². The van der Waals surface area contributed by atoms with Gasteiger partial charge >= 0.3 is 0 Å². The SMILES string of the molecule is CCCNC1CCC(Cc2ncnn2CCC)C1. The Bertz CT molecular complexity index is 347. The van der Waals surface area contributed by atoms with Crippen LogP contribution in [0.3, 0.4) is 0 Å². The number of aryl methyl sites for hydroxylation is 1. The molecule has 0 radical (unpaired) electrons. The fourth-order valence-corrected chi connectivity index (χ4v) is 2.90. The quantitative estimate of drug-likeness (QED) is 0.808. The number of nitrogens with zero attached hydrogens (tertiary/aromatic N) is 3. The van der Waals surface area contributed by atoms with Gasteiger partial charge in [-0.25, -0.2) is 4.98 Å². The molecule has 0 amide bonds. The molecule has 1 aromatic rings. The fraction of sp³-hybridized carbons (Fsp3) is 0.857. The van der Waals surface area contributed by atoms with Crippen molar-refractivity contribution >= 4 is 0 Å². The molecule has 1 N–H and O–H groups in total. The Morgan fingerprint density at radius 3 is 3.00 bits per heavy atom. The highest BCUT2D eigenvalue weighted by molar-refractivity contribution is 4.91. The highest BCUT2D eigenvalue weighted by Crippen LogP contribution is 2.28. The summed E-state index contributed by atoms with van der Waals surface area (Å²) in [6.07, 6.45) is 9.12. The van der Waals surface area contributed by atoms with Crippen LogP contribution in [0.4, 0.5) is 0 Å². The van der Waals surface area contributed by atoms with E-state index in [2.05, 4.69) is 33.9 Å². The van der Waals surface area contributed by atoms with Crippen LogP contribution in [0.5, 0.6) is 0 Å². The number of hydrogen-bond acceptors (Lipinski definition) is 3. The van der Waals surface area contributed by atoms with Crippen molar-refractivity contribution in [3.05, 3.63) is 12.2 Å². The van der Waals surface area contributed by atoms with E-state index in [0.29, 0.717) is 0 Å². The standard InChI is InChI=1S/C14H26N4/c1-3-7-15-13-6-5-12(9-13)10-14-16-11-17-18(14)8-4-2/h11-13,15H,3-10H2,1-2H3. The first-order valence-electron chi connectivity index (χ1n) is 7.43. The summed E-state index contributed by atoms with van der Waals surface area (Å²) < 4.78 is 2.08. The molecule has 4 nitrogen and oxygen atoms in total. The van der Waals surface area contributed by atoms with Gasteiger partial charge in [-0.15, -0.1) is 0 Å². The number of hydrogen-bond donors (Lipinski definition) is 1. The van der Waals surface area contributed by atoms with E-state index in [4.69, 9.17) is 0 Å². The molecular weight excluding hydrogens is 224 g/mol. The van der Waals surface area contributed by atoms with Gasteiger partial charge in [0.1, 0.15) is 12.2 Å². The van der Waals surface area contributed by atoms with Gasteiger partial charge in [0.2, 0.25) is 0 Å². The highest BCUT2D eigenvalue weighted by Gasteiger charge is 2.25. The lowest BCUT2D eigenvalue weighted by molar-refractivity contribution is 0.461. The first-order valence-corrected chi connectivity index (χ1v) is 7.43. The lowest BCUT2D eigenvalue weighted by Crippen LogP contribution is -2.27. The monoisotopic (exact) mass is 250 g/mol. The third kappa shape index (κ3) is 3.55. The summed E-state index contributed by atoms with van der Waals surface area (Å²) in [6.45, 7) is 6.57. The van der Waals surface area contributed by atoms with E-state index in [1.807, 2.05) is 0 Å². The predicted octanol–water partition coefficient (Wildman–Crippen LogP) is 2.40. The van der Waals surface area contributed by atoms with E-state index in [-0.39, 0.29) is 0 Å². The van der Waals surface area contributed by atoms with Crippen LogP contribution in [0.2, 0.25) is 0 Å². The predicted molar refractivity (Wildman–Crippen MR) is 73.4 cm³/mol. The normalized spacial score (nSPS) is 23.7. The Labute approximate surface area is 110 Å². The molecule has 1 fully saturated rings. The first-order chi connectivity index (χ1) is 8.83. The molecule has 102 valence electrons. The maximum absolute atomic E-state index is 4.42. The molecule has 0 aromatic carbocycles. The number of nitrogens with one attached hydrogen (secondary N) is 1. The van der Waals surface area contributed by atoms with E-state index in [0.717, 1.165) is 37.9 Å². The van der Waals surface area contributed by atoms with Crippen LogP contribution < -0.4 is 5.32 Å². The van der Waals surface area contributed by atoms with Crippen molar-refractivity contribution in [2.45, 2.75) is 65.0 Å². The third-order valence-corrected chi connectivity index (χ3v) is 3.83. The fourth-order valence-electron chi connectivity index (χ4n) is 2.90. The van der Waals surface area contributed by atoms with Crippen molar-refractivity contribution in [1.29, 1.82) is 0 Å². The summed E-state index contributed by atoms with van der Waals surface area (Å²) in [5.74, 6) is 1.97. The van der Waals surface area contributed by atoms with Gasteiger partial charge in [-0.05, 0) is 44.6 Å². The Balaban J connectivity index is 1.81. The Kier molecular flexibility index (Phi) is 5.17. The molecule has 18 heavy (non-hydrogen) atoms. The molecular formula is C14H26N4. The van der Waals surface area contributed by atoms with E-state index in [9.17, 15) is 0 Å². The molecule has 4 heteroatoms. The van der Waals surface area contributed by atoms with Crippen LogP contribution in [0.25, 0.3) is 0 Å². The van der Waals surface area contributed by atoms with Crippen LogP contribution in [0.1, 0.15) is 51.8 Å². The maximum Gasteiger partial charge on any atom is 0.138 e. The highest BCUT2D eigenvalue weighted by atomic mass is 15.3. The Morgan fingerprint density at radius 1 is 1.33 bits per heavy atom. The van der Waals surface area contributed by atoms with Gasteiger partial charge in [0.05, 0.1) is 0 Å². The molecule has 1 aliphatic carbocycles. The van der Waals surface area contributed by atoms with E-state index in [1.54, 1.807) is 6.33 Å². The van der Waals surface area contributed by atoms with Crippen LogP contribution >= 0.6 is 0 Å². The summed E-state index contributed by atoms with van der Waals surface area (Å²) >= 11 is 0. The number of rotatable bonds is 7. The van der Waals surface area contributed by atoms with Crippen molar-refractivity contribution in [2.24, 2.45) is 5.92 Å². The third-order valence-electron chi connectivity index (χ3n) is 3.83. The van der Waals surface area contributed by atoms with E-state index >= 15 is 0 Å². The second kappa shape index (κ2) is 6.88. The van der Waals surface area contributed by atoms with Gasteiger partial charge in [0.15, 0.2) is 0 Å². The molecule has 1 aliphatic rings. The smallest absolute Gasteiger partial charge is 0.138 e. The van der Waals surface area contributed by atoms with Crippen LogP contribution in [0, 0.1) is 5.92 Å². The summed E-state index contributed by atoms with van der Waals surface area (Å²) in [4.78, 5) is 4.42. The van der Waals surface area contributed by atoms with E-state index < -0.39 is 0 Å². The lowest BCUT2D eigenvalue weighted by atomic mass is 10.0. The zero-order valence-electron chi connectivity index (χ0n) is 11.7. The summed E-state index contributed by atoms with van der Waals surface area (Å²) in [6, 6.07) is 0.734. The van der Waals surface area contributed by atoms with Crippen molar-refractivity contribution < 1.29 is 0 Å². The lowest BCUT2D eigenvalue weighted by Gasteiger charge is -2.12. The molecule has 0 saturated heterocycles. The maximum atomic E-state index is 4.42. The minimum Gasteiger partial charge on any atom is -0.314 e. The molecule has 0 spiro atoms. The Hall–Kier alpha value is -0.900. The summed E-state index contributed by atoms with van der Waals surface area (Å²) in [5, 5.41) is 7.94. The van der Waals surface area contributed by atoms with E-state index in [1.165, 1.54) is 31.5 Å². The van der Waals surface area contributed by atoms with Crippen LogP contribution in [-0.2, 0) is 13.0 Å². The van der Waals surface area contributed by atoms with Gasteiger partial charge in [-0.1, -0.05) is 13.8 Å². The van der Waals surface area contributed by atoms with Gasteiger partial charge in [0, 0.05) is 19.0 Å². The van der Waals surface area contributed by atoms with Crippen LogP contribution in [-0.4, -0.2) is 27.4 Å². The van der Waals surface area contributed by atoms with Gasteiger partial charge < -0.3 is 5.32 Å². The summed E-state index contributed by atoms with van der Waals surface area (Å²) in [5.41, 5.74) is 0. The molecule has 0 aliphatic heterocycles. The average molecular weight is 250 g/mol. The van der Waals surface area contributed by atoms with Crippen molar-refractivity contribution in [1.82, 2.24) is 20.1 Å². The molecule has 1 saturated carbocycles. The van der Waals surface area contributed by atoms with Crippen LogP contribution in [0.15, 0.2) is 6.33 Å². The largest absolute Gasteiger partial charge is 0.314 e. The average Bonchev–Trinajstić information content (AvgIpc) is 2.98. The van der Waals surface area contributed by atoms with Gasteiger partial charge in [-0.2, -0.15) is 5.10 Å². The second-order valence-electron chi connectivity index (χ2n) is 5.43. The molecule has 2 rings (SSSR count). The minimum atomic E-state index is 0.734. The number of aromatic nitrogens is 3. The topological polar surface area (TPSA) is 42.7 Å². The van der Waals surface area contributed by atoms with Gasteiger partial charge in [-0.3, -0.25) is 4.68 Å². The molecule has 0 bridgehead atoms. The van der Waals surface area contributed by atoms with Crippen molar-refractivity contribution in [2.75, 3.05) is 6.54 Å². The summed E-state index contributed by atoms with van der Waals surface area (Å²) in [7, 11) is 0. The van der Waals surface area contributed by atoms with Crippen molar-refractivity contribution in [3.8, 4) is 0 Å². The molecule has 1 aromatic heterocycles. The molecule has 1 heterocycles. The molecule has 2 atom stereocenters. The minimum absolute atomic E-state index is 0.734. The second-order valence-corrected chi connectivity index (χ2v) is 5.43. The zero-order chi connectivity index (χ0) is 12.8.